The maximum absolute atomic E-state index is 8.63. The highest BCUT2D eigenvalue weighted by molar-refractivity contribution is 5.91. The molecule has 1 aliphatic rings. The third-order valence-electron chi connectivity index (χ3n) is 8.93. The van der Waals surface area contributed by atoms with Crippen LogP contribution in [-0.4, -0.2) is 15.9 Å². The van der Waals surface area contributed by atoms with Gasteiger partial charge in [0.1, 0.15) is 12.5 Å². The van der Waals surface area contributed by atoms with Crippen LogP contribution in [0.2, 0.25) is 0 Å². The van der Waals surface area contributed by atoms with Crippen molar-refractivity contribution in [1.29, 1.82) is 5.41 Å². The molecule has 0 aliphatic carbocycles. The third kappa shape index (κ3) is 7.27. The number of ether oxygens (including phenoxy) is 2. The van der Waals surface area contributed by atoms with Gasteiger partial charge in [0.25, 0.3) is 0 Å². The number of aromatic nitrogens is 2. The summed E-state index contributed by atoms with van der Waals surface area (Å²) in [6, 6.07) is 55.8. The summed E-state index contributed by atoms with van der Waals surface area (Å²) in [6.07, 6.45) is -1.81. The molecular weight excluding hydrogens is 645 g/mol. The number of nitrogens with two attached hydrogens (primary N) is 1. The molecule has 1 aliphatic heterocycles. The highest BCUT2D eigenvalue weighted by Crippen LogP contribution is 2.35. The number of hydrazine groups is 1. The normalized spacial score (nSPS) is 15.9. The van der Waals surface area contributed by atoms with Crippen LogP contribution >= 0.6 is 0 Å². The van der Waals surface area contributed by atoms with E-state index in [9.17, 15) is 0 Å². The van der Waals surface area contributed by atoms with E-state index in [0.717, 1.165) is 44.6 Å². The van der Waals surface area contributed by atoms with E-state index in [0.29, 0.717) is 22.6 Å². The second kappa shape index (κ2) is 14.9. The van der Waals surface area contributed by atoms with E-state index in [1.54, 1.807) is 0 Å². The molecule has 8 rings (SSSR count). The Morgan fingerprint density at radius 2 is 1.12 bits per heavy atom. The molecule has 1 fully saturated rings. The molecule has 7 aromatic rings. The Morgan fingerprint density at radius 3 is 1.81 bits per heavy atom. The number of hydrogen-bond donors (Lipinski definition) is 4. The van der Waals surface area contributed by atoms with Crippen LogP contribution in [0.4, 0.5) is 0 Å². The number of rotatable bonds is 9. The van der Waals surface area contributed by atoms with Crippen molar-refractivity contribution in [2.75, 3.05) is 0 Å². The van der Waals surface area contributed by atoms with E-state index in [1.807, 2.05) is 146 Å². The zero-order valence-corrected chi connectivity index (χ0v) is 28.2. The predicted octanol–water partition coefficient (Wildman–Crippen LogP) is 8.97. The largest absolute Gasteiger partial charge is 0.454 e. The lowest BCUT2D eigenvalue weighted by molar-refractivity contribution is 0.0340. The molecule has 52 heavy (non-hydrogen) atoms. The first-order chi connectivity index (χ1) is 25.6. The highest BCUT2D eigenvalue weighted by atomic mass is 16.5. The van der Waals surface area contributed by atoms with Crippen LogP contribution in [0.1, 0.15) is 40.9 Å². The molecule has 0 spiro atoms. The maximum Gasteiger partial charge on any atom is 0.215 e. The fourth-order valence-corrected chi connectivity index (χ4v) is 6.25. The minimum Gasteiger partial charge on any atom is -0.454 e. The Labute approximate surface area is 302 Å². The maximum atomic E-state index is 8.63. The lowest BCUT2D eigenvalue weighted by Gasteiger charge is -2.20. The minimum atomic E-state index is -0.942. The average molecular weight is 681 g/mol. The van der Waals surface area contributed by atoms with Gasteiger partial charge in [0.2, 0.25) is 5.90 Å². The summed E-state index contributed by atoms with van der Waals surface area (Å²) >= 11 is 0. The van der Waals surface area contributed by atoms with E-state index < -0.39 is 12.5 Å². The summed E-state index contributed by atoms with van der Waals surface area (Å²) < 4.78 is 12.5. The van der Waals surface area contributed by atoms with Crippen molar-refractivity contribution in [2.24, 2.45) is 5.73 Å². The SMILES string of the molecule is N=C(OC(N)c1cc(-c2cc(-c3ccccc3)nc(-c3cccc(-c4ccccc4)c3)n2)cc(C2NNC(c3ccccc3)O2)c1)c1ccccc1. The van der Waals surface area contributed by atoms with Gasteiger partial charge in [-0.15, -0.1) is 0 Å². The molecule has 5 N–H and O–H groups in total. The molecule has 0 radical (unpaired) electrons. The second-order valence-corrected chi connectivity index (χ2v) is 12.5. The van der Waals surface area contributed by atoms with E-state index >= 15 is 0 Å². The van der Waals surface area contributed by atoms with Crippen molar-refractivity contribution in [3.05, 3.63) is 192 Å². The summed E-state index contributed by atoms with van der Waals surface area (Å²) in [4.78, 5) is 10.2. The van der Waals surface area contributed by atoms with Gasteiger partial charge in [-0.3, -0.25) is 11.1 Å². The van der Waals surface area contributed by atoms with Gasteiger partial charge in [0.05, 0.1) is 11.4 Å². The molecule has 0 amide bonds. The van der Waals surface area contributed by atoms with E-state index in [-0.39, 0.29) is 12.1 Å². The Balaban J connectivity index is 1.22. The van der Waals surface area contributed by atoms with Crippen molar-refractivity contribution >= 4 is 5.90 Å². The fraction of sp³-hybridized carbons (Fsp3) is 0.0682. The summed E-state index contributed by atoms with van der Waals surface area (Å²) in [6.45, 7) is 0. The molecule has 1 aromatic heterocycles. The van der Waals surface area contributed by atoms with Gasteiger partial charge in [0.15, 0.2) is 12.1 Å². The lowest BCUT2D eigenvalue weighted by Crippen LogP contribution is -2.27. The second-order valence-electron chi connectivity index (χ2n) is 12.5. The molecule has 8 heteroatoms. The Bertz CT molecular complexity index is 2300. The molecule has 3 atom stereocenters. The molecule has 254 valence electrons. The number of benzene rings is 6. The summed E-state index contributed by atoms with van der Waals surface area (Å²) in [7, 11) is 0. The third-order valence-corrected chi connectivity index (χ3v) is 8.93. The van der Waals surface area contributed by atoms with Crippen molar-refractivity contribution in [2.45, 2.75) is 18.7 Å². The average Bonchev–Trinajstić information content (AvgIpc) is 3.73. The molecule has 3 unspecified atom stereocenters. The van der Waals surface area contributed by atoms with E-state index in [4.69, 9.17) is 30.6 Å². The van der Waals surface area contributed by atoms with Crippen molar-refractivity contribution in [3.8, 4) is 45.0 Å². The van der Waals surface area contributed by atoms with Crippen molar-refractivity contribution in [1.82, 2.24) is 20.8 Å². The summed E-state index contributed by atoms with van der Waals surface area (Å²) in [5, 5.41) is 8.63. The molecule has 6 aromatic carbocycles. The minimum absolute atomic E-state index is 0.0184. The molecule has 0 saturated carbocycles. The van der Waals surface area contributed by atoms with Crippen LogP contribution < -0.4 is 16.6 Å². The van der Waals surface area contributed by atoms with Crippen LogP contribution in [0.3, 0.4) is 0 Å². The summed E-state index contributed by atoms with van der Waals surface area (Å²) in [5.41, 5.74) is 22.7. The van der Waals surface area contributed by atoms with Gasteiger partial charge in [-0.2, -0.15) is 0 Å². The van der Waals surface area contributed by atoms with Crippen molar-refractivity contribution < 1.29 is 9.47 Å². The molecule has 1 saturated heterocycles. The van der Waals surface area contributed by atoms with Crippen LogP contribution in [0.15, 0.2) is 170 Å². The lowest BCUT2D eigenvalue weighted by atomic mass is 9.99. The number of hydrogen-bond acceptors (Lipinski definition) is 8. The quantitative estimate of drug-likeness (QED) is 0.0683. The van der Waals surface area contributed by atoms with E-state index in [2.05, 4.69) is 35.1 Å². The van der Waals surface area contributed by atoms with Gasteiger partial charge >= 0.3 is 0 Å². The number of nitrogens with zero attached hydrogens (tertiary/aromatic N) is 2. The van der Waals surface area contributed by atoms with Crippen LogP contribution in [0, 0.1) is 5.41 Å². The molecular formula is C44H36N6O2. The van der Waals surface area contributed by atoms with Crippen LogP contribution in [-0.2, 0) is 9.47 Å². The molecule has 0 bridgehead atoms. The monoisotopic (exact) mass is 680 g/mol. The standard InChI is InChI=1S/C44H36N6O2/c45-40(31-18-9-3-10-19-31)51-41(46)36-25-35(26-37(27-36)44-50-49-43(52-44)32-20-11-4-12-21-32)39-28-38(30-16-7-2-8-17-30)47-42(48-39)34-23-13-22-33(24-34)29-14-5-1-6-15-29/h1-28,41,43-45,49-50H,46H2. The Kier molecular flexibility index (Phi) is 9.43. The zero-order valence-electron chi connectivity index (χ0n) is 28.2. The molecule has 8 nitrogen and oxygen atoms in total. The van der Waals surface area contributed by atoms with Gasteiger partial charge < -0.3 is 9.47 Å². The van der Waals surface area contributed by atoms with Gasteiger partial charge in [-0.05, 0) is 64.7 Å². The predicted molar refractivity (Wildman–Crippen MR) is 204 cm³/mol. The summed E-state index contributed by atoms with van der Waals surface area (Å²) in [5.74, 6) is 0.573. The Hall–Kier alpha value is -6.29. The first kappa shape index (κ1) is 32.9. The van der Waals surface area contributed by atoms with Crippen molar-refractivity contribution in [3.63, 3.8) is 0 Å². The van der Waals surface area contributed by atoms with Gasteiger partial charge in [-0.25, -0.2) is 20.8 Å². The van der Waals surface area contributed by atoms with Crippen LogP contribution in [0.25, 0.3) is 45.0 Å². The first-order valence-electron chi connectivity index (χ1n) is 17.1. The smallest absolute Gasteiger partial charge is 0.215 e. The van der Waals surface area contributed by atoms with Gasteiger partial charge in [0, 0.05) is 27.8 Å². The first-order valence-corrected chi connectivity index (χ1v) is 17.1. The number of nitrogens with one attached hydrogen (secondary N) is 3. The van der Waals surface area contributed by atoms with Gasteiger partial charge in [-0.1, -0.05) is 127 Å². The Morgan fingerprint density at radius 1 is 0.558 bits per heavy atom. The topological polar surface area (TPSA) is 118 Å². The zero-order chi connectivity index (χ0) is 35.3. The van der Waals surface area contributed by atoms with E-state index in [1.165, 1.54) is 0 Å². The van der Waals surface area contributed by atoms with Crippen LogP contribution in [0.5, 0.6) is 0 Å². The fourth-order valence-electron chi connectivity index (χ4n) is 6.25. The molecule has 2 heterocycles. The highest BCUT2D eigenvalue weighted by Gasteiger charge is 2.28.